The van der Waals surface area contributed by atoms with E-state index in [2.05, 4.69) is 0 Å². The van der Waals surface area contributed by atoms with Crippen molar-refractivity contribution in [2.24, 2.45) is 11.8 Å². The molecule has 0 aliphatic heterocycles. The Labute approximate surface area is 62.4 Å². The third kappa shape index (κ3) is 1.32. The van der Waals surface area contributed by atoms with Gasteiger partial charge in [0.05, 0.1) is 0 Å². The minimum atomic E-state index is -4.14. The molecular weight excluding hydrogens is 153 g/mol. The first-order valence-corrected chi connectivity index (χ1v) is 3.54. The van der Waals surface area contributed by atoms with E-state index < -0.39 is 6.18 Å². The number of hydrogen-bond acceptors (Lipinski definition) is 0. The molecule has 0 heterocycles. The molecule has 3 heteroatoms. The zero-order valence-electron chi connectivity index (χ0n) is 5.73. The Bertz CT molecular complexity index is 234. The predicted octanol–water partition coefficient (Wildman–Crippen LogP) is 2.68. The normalized spacial score (nSPS) is 37.9. The highest BCUT2D eigenvalue weighted by Gasteiger charge is 2.42. The smallest absolute Gasteiger partial charge is 0.167 e. The quantitative estimate of drug-likeness (QED) is 0.511. The van der Waals surface area contributed by atoms with Gasteiger partial charge in [-0.1, -0.05) is 12.2 Å². The van der Waals surface area contributed by atoms with Crippen molar-refractivity contribution < 1.29 is 13.2 Å². The van der Waals surface area contributed by atoms with E-state index in [-0.39, 0.29) is 5.92 Å². The van der Waals surface area contributed by atoms with Crippen molar-refractivity contribution in [3.05, 3.63) is 23.8 Å². The van der Waals surface area contributed by atoms with Crippen LogP contribution in [0.4, 0.5) is 13.2 Å². The molecule has 2 rings (SSSR count). The molecule has 1 saturated carbocycles. The summed E-state index contributed by atoms with van der Waals surface area (Å²) < 4.78 is 35.4. The molecule has 0 saturated heterocycles. The molecule has 0 aromatic rings. The van der Waals surface area contributed by atoms with Crippen LogP contribution >= 0.6 is 0 Å². The maximum Gasteiger partial charge on any atom is 0.410 e. The number of hydrogen-bond donors (Lipinski definition) is 0. The molecule has 0 bridgehead atoms. The van der Waals surface area contributed by atoms with Gasteiger partial charge in [-0.15, -0.1) is 0 Å². The summed E-state index contributed by atoms with van der Waals surface area (Å²) in [6.45, 7) is 0. The maximum absolute atomic E-state index is 11.8. The van der Waals surface area contributed by atoms with Gasteiger partial charge in [0.1, 0.15) is 0 Å². The van der Waals surface area contributed by atoms with Crippen LogP contribution in [-0.4, -0.2) is 6.18 Å². The van der Waals surface area contributed by atoms with Gasteiger partial charge in [0, 0.05) is 6.08 Å². The van der Waals surface area contributed by atoms with Gasteiger partial charge < -0.3 is 0 Å². The molecule has 0 nitrogen and oxygen atoms in total. The molecule has 0 amide bonds. The fraction of sp³-hybridized carbons (Fsp3) is 0.500. The summed E-state index contributed by atoms with van der Waals surface area (Å²) in [5, 5.41) is 0. The van der Waals surface area contributed by atoms with Crippen LogP contribution in [0.2, 0.25) is 0 Å². The zero-order chi connectivity index (χ0) is 8.06. The van der Waals surface area contributed by atoms with E-state index in [0.29, 0.717) is 17.6 Å². The van der Waals surface area contributed by atoms with E-state index in [1.165, 1.54) is 0 Å². The lowest BCUT2D eigenvalue weighted by atomic mass is 10.2. The lowest BCUT2D eigenvalue weighted by Crippen LogP contribution is -2.03. The average Bonchev–Trinajstić information content (AvgIpc) is 2.50. The van der Waals surface area contributed by atoms with E-state index in [4.69, 9.17) is 0 Å². The molecule has 0 spiro atoms. The summed E-state index contributed by atoms with van der Waals surface area (Å²) in [5.74, 6) is 0.611. The maximum atomic E-state index is 11.8. The zero-order valence-corrected chi connectivity index (χ0v) is 5.73. The van der Waals surface area contributed by atoms with Crippen molar-refractivity contribution in [1.82, 2.24) is 0 Å². The van der Waals surface area contributed by atoms with Gasteiger partial charge in [-0.25, -0.2) is 0 Å². The third-order valence-corrected chi connectivity index (χ3v) is 2.13. The Kier molecular flexibility index (Phi) is 1.20. The minimum absolute atomic E-state index is 0.191. The summed E-state index contributed by atoms with van der Waals surface area (Å²) >= 11 is 0. The number of fused-ring (bicyclic) bond motifs is 1. The highest BCUT2D eigenvalue weighted by Crippen LogP contribution is 2.51. The molecular formula is C8H7F3. The first-order valence-electron chi connectivity index (χ1n) is 3.54. The summed E-state index contributed by atoms with van der Waals surface area (Å²) in [4.78, 5) is 0. The van der Waals surface area contributed by atoms with Crippen LogP contribution in [0.5, 0.6) is 0 Å². The van der Waals surface area contributed by atoms with E-state index in [1.807, 2.05) is 6.08 Å². The van der Waals surface area contributed by atoms with Gasteiger partial charge >= 0.3 is 6.18 Å². The van der Waals surface area contributed by atoms with Crippen molar-refractivity contribution in [2.75, 3.05) is 0 Å². The molecule has 0 N–H and O–H groups in total. The Morgan fingerprint density at radius 2 is 2.18 bits per heavy atom. The Hall–Kier alpha value is -0.730. The molecule has 2 unspecified atom stereocenters. The Morgan fingerprint density at radius 1 is 1.45 bits per heavy atom. The third-order valence-electron chi connectivity index (χ3n) is 2.13. The lowest BCUT2D eigenvalue weighted by molar-refractivity contribution is -0.0805. The summed E-state index contributed by atoms with van der Waals surface area (Å²) in [6.07, 6.45) is 0.644. The number of rotatable bonds is 0. The van der Waals surface area contributed by atoms with Crippen LogP contribution in [0.15, 0.2) is 23.8 Å². The van der Waals surface area contributed by atoms with Crippen LogP contribution in [-0.2, 0) is 0 Å². The van der Waals surface area contributed by atoms with Crippen molar-refractivity contribution >= 4 is 0 Å². The van der Waals surface area contributed by atoms with Crippen LogP contribution < -0.4 is 0 Å². The molecule has 0 aromatic carbocycles. The second-order valence-corrected chi connectivity index (χ2v) is 3.05. The Morgan fingerprint density at radius 3 is 2.55 bits per heavy atom. The first kappa shape index (κ1) is 6.95. The number of alkyl halides is 3. The highest BCUT2D eigenvalue weighted by atomic mass is 19.4. The molecule has 0 radical (unpaired) electrons. The number of allylic oxidation sites excluding steroid dienone is 4. The largest absolute Gasteiger partial charge is 0.410 e. The average molecular weight is 160 g/mol. The fourth-order valence-electron chi connectivity index (χ4n) is 1.51. The summed E-state index contributed by atoms with van der Waals surface area (Å²) in [6, 6.07) is 0. The first-order chi connectivity index (χ1) is 5.06. The van der Waals surface area contributed by atoms with Gasteiger partial charge in [-0.05, 0) is 23.8 Å². The topological polar surface area (TPSA) is 0 Å². The van der Waals surface area contributed by atoms with Crippen molar-refractivity contribution in [1.29, 1.82) is 0 Å². The monoisotopic (exact) mass is 160 g/mol. The second-order valence-electron chi connectivity index (χ2n) is 3.05. The molecule has 2 aliphatic rings. The highest BCUT2D eigenvalue weighted by molar-refractivity contribution is 5.37. The van der Waals surface area contributed by atoms with Crippen molar-refractivity contribution in [3.63, 3.8) is 0 Å². The van der Waals surface area contributed by atoms with Crippen molar-refractivity contribution in [3.8, 4) is 0 Å². The van der Waals surface area contributed by atoms with Crippen molar-refractivity contribution in [2.45, 2.75) is 12.6 Å². The van der Waals surface area contributed by atoms with Gasteiger partial charge in [0.2, 0.25) is 0 Å². The van der Waals surface area contributed by atoms with E-state index in [1.54, 1.807) is 6.08 Å². The SMILES string of the molecule is FC(F)(F)/C=C1/C=CC2CC12. The second kappa shape index (κ2) is 1.90. The van der Waals surface area contributed by atoms with Gasteiger partial charge in [0.25, 0.3) is 0 Å². The molecule has 60 valence electrons. The summed E-state index contributed by atoms with van der Waals surface area (Å²) in [5.41, 5.74) is 0.461. The van der Waals surface area contributed by atoms with Gasteiger partial charge in [0.15, 0.2) is 0 Å². The molecule has 1 fully saturated rings. The minimum Gasteiger partial charge on any atom is -0.167 e. The fourth-order valence-corrected chi connectivity index (χ4v) is 1.51. The van der Waals surface area contributed by atoms with E-state index in [0.717, 1.165) is 6.42 Å². The molecule has 0 aromatic heterocycles. The van der Waals surface area contributed by atoms with E-state index in [9.17, 15) is 13.2 Å². The van der Waals surface area contributed by atoms with Gasteiger partial charge in [-0.2, -0.15) is 13.2 Å². The van der Waals surface area contributed by atoms with Crippen LogP contribution in [0.3, 0.4) is 0 Å². The van der Waals surface area contributed by atoms with Crippen LogP contribution in [0, 0.1) is 11.8 Å². The predicted molar refractivity (Wildman–Crippen MR) is 34.9 cm³/mol. The van der Waals surface area contributed by atoms with E-state index >= 15 is 0 Å². The molecule has 2 aliphatic carbocycles. The number of halogens is 3. The Balaban J connectivity index is 2.16. The standard InChI is InChI=1S/C8H7F3/c9-8(10,11)4-6-2-1-5-3-7(5)6/h1-2,4-5,7H,3H2/b6-4-. The molecule has 2 atom stereocenters. The lowest BCUT2D eigenvalue weighted by Gasteiger charge is -2.00. The molecule has 11 heavy (non-hydrogen) atoms. The van der Waals surface area contributed by atoms with Crippen LogP contribution in [0.1, 0.15) is 6.42 Å². The van der Waals surface area contributed by atoms with Crippen LogP contribution in [0.25, 0.3) is 0 Å². The van der Waals surface area contributed by atoms with Gasteiger partial charge in [-0.3, -0.25) is 0 Å². The summed E-state index contributed by atoms with van der Waals surface area (Å²) in [7, 11) is 0.